The van der Waals surface area contributed by atoms with E-state index in [0.717, 1.165) is 24.8 Å². The summed E-state index contributed by atoms with van der Waals surface area (Å²) in [4.78, 5) is 0. The maximum Gasteiger partial charge on any atom is 0.123 e. The summed E-state index contributed by atoms with van der Waals surface area (Å²) in [6, 6.07) is 4.58. The molecule has 2 saturated heterocycles. The first-order chi connectivity index (χ1) is 8.99. The lowest BCUT2D eigenvalue weighted by Gasteiger charge is -2.44. The second-order valence-electron chi connectivity index (χ2n) is 5.90. The van der Waals surface area contributed by atoms with Crippen molar-refractivity contribution < 1.29 is 13.7 Å². The Morgan fingerprint density at radius 3 is 2.58 bits per heavy atom. The zero-order valence-electron chi connectivity index (χ0n) is 11.1. The number of aliphatic hydroxyl groups is 1. The molecule has 3 rings (SSSR count). The standard InChI is InChI=1S/C15H19FO2S/c1-10-5-6-11(16)7-14(10)15(17)8-12-3-2-4-13(9-15)19(12)18/h5-7,12-13,17H,2-4,8-9H2,1H3. The monoisotopic (exact) mass is 282 g/mol. The summed E-state index contributed by atoms with van der Waals surface area (Å²) >= 11 is 0. The highest BCUT2D eigenvalue weighted by molar-refractivity contribution is 7.86. The van der Waals surface area contributed by atoms with E-state index in [1.807, 2.05) is 6.92 Å². The van der Waals surface area contributed by atoms with Crippen molar-refractivity contribution in [1.82, 2.24) is 0 Å². The highest BCUT2D eigenvalue weighted by Crippen LogP contribution is 2.45. The third kappa shape index (κ3) is 2.25. The average molecular weight is 282 g/mol. The molecular weight excluding hydrogens is 263 g/mol. The third-order valence-electron chi connectivity index (χ3n) is 4.54. The van der Waals surface area contributed by atoms with Crippen LogP contribution in [0.5, 0.6) is 0 Å². The second-order valence-corrected chi connectivity index (χ2v) is 7.89. The van der Waals surface area contributed by atoms with Crippen molar-refractivity contribution in [3.8, 4) is 0 Å². The summed E-state index contributed by atoms with van der Waals surface area (Å²) in [7, 11) is -0.822. The number of rotatable bonds is 1. The van der Waals surface area contributed by atoms with Crippen LogP contribution in [0.3, 0.4) is 0 Å². The smallest absolute Gasteiger partial charge is 0.123 e. The van der Waals surface area contributed by atoms with Gasteiger partial charge >= 0.3 is 0 Å². The lowest BCUT2D eigenvalue weighted by atomic mass is 9.79. The largest absolute Gasteiger partial charge is 0.385 e. The zero-order chi connectivity index (χ0) is 13.6. The van der Waals surface area contributed by atoms with Crippen molar-refractivity contribution in [3.63, 3.8) is 0 Å². The highest BCUT2D eigenvalue weighted by Gasteiger charge is 2.46. The summed E-state index contributed by atoms with van der Waals surface area (Å²) in [6.07, 6.45) is 3.93. The Balaban J connectivity index is 1.99. The van der Waals surface area contributed by atoms with E-state index < -0.39 is 16.4 Å². The Morgan fingerprint density at radius 2 is 1.95 bits per heavy atom. The van der Waals surface area contributed by atoms with Gasteiger partial charge in [0.1, 0.15) is 5.82 Å². The van der Waals surface area contributed by atoms with Crippen LogP contribution >= 0.6 is 0 Å². The molecule has 0 spiro atoms. The Bertz CT molecular complexity index is 513. The Labute approximate surface area is 115 Å². The minimum Gasteiger partial charge on any atom is -0.385 e. The molecular formula is C15H19FO2S. The van der Waals surface area contributed by atoms with Gasteiger partial charge in [-0.25, -0.2) is 4.39 Å². The molecule has 0 saturated carbocycles. The predicted octanol–water partition coefficient (Wildman–Crippen LogP) is 2.79. The molecule has 0 aromatic heterocycles. The molecule has 0 aliphatic carbocycles. The summed E-state index contributed by atoms with van der Waals surface area (Å²) in [6.45, 7) is 1.90. The van der Waals surface area contributed by atoms with Crippen molar-refractivity contribution in [2.45, 2.75) is 55.1 Å². The SMILES string of the molecule is Cc1ccc(F)cc1C1(O)CC2CCCC(C1)S2=O. The van der Waals surface area contributed by atoms with Gasteiger partial charge in [-0.1, -0.05) is 12.5 Å². The molecule has 2 nitrogen and oxygen atoms in total. The molecule has 2 aliphatic heterocycles. The zero-order valence-corrected chi connectivity index (χ0v) is 11.9. The van der Waals surface area contributed by atoms with E-state index in [0.29, 0.717) is 18.4 Å². The number of benzene rings is 1. The fraction of sp³-hybridized carbons (Fsp3) is 0.600. The topological polar surface area (TPSA) is 37.3 Å². The van der Waals surface area contributed by atoms with E-state index in [1.54, 1.807) is 6.07 Å². The molecule has 1 aromatic carbocycles. The van der Waals surface area contributed by atoms with Crippen LogP contribution in [0.15, 0.2) is 18.2 Å². The minimum absolute atomic E-state index is 0.0696. The number of aryl methyl sites for hydroxylation is 1. The van der Waals surface area contributed by atoms with Gasteiger partial charge in [0.25, 0.3) is 0 Å². The summed E-state index contributed by atoms with van der Waals surface area (Å²) in [5.41, 5.74) is 0.589. The normalized spacial score (nSPS) is 38.2. The lowest BCUT2D eigenvalue weighted by molar-refractivity contribution is 0.00572. The van der Waals surface area contributed by atoms with Gasteiger partial charge in [-0.15, -0.1) is 0 Å². The molecule has 104 valence electrons. The van der Waals surface area contributed by atoms with Gasteiger partial charge in [-0.2, -0.15) is 0 Å². The lowest BCUT2D eigenvalue weighted by Crippen LogP contribution is -2.47. The van der Waals surface area contributed by atoms with Gasteiger partial charge in [0, 0.05) is 21.3 Å². The summed E-state index contributed by atoms with van der Waals surface area (Å²) in [5, 5.41) is 11.1. The van der Waals surface area contributed by atoms with Crippen LogP contribution < -0.4 is 0 Å². The molecule has 2 heterocycles. The van der Waals surface area contributed by atoms with Gasteiger partial charge < -0.3 is 5.11 Å². The van der Waals surface area contributed by atoms with Crippen LogP contribution in [-0.2, 0) is 16.4 Å². The van der Waals surface area contributed by atoms with E-state index in [1.165, 1.54) is 12.1 Å². The Kier molecular flexibility index (Phi) is 3.26. The van der Waals surface area contributed by atoms with Crippen molar-refractivity contribution >= 4 is 10.8 Å². The molecule has 0 radical (unpaired) electrons. The maximum absolute atomic E-state index is 13.5. The van der Waals surface area contributed by atoms with Crippen molar-refractivity contribution in [3.05, 3.63) is 35.1 Å². The first kappa shape index (κ1) is 13.3. The minimum atomic E-state index is -1.00. The molecule has 1 N–H and O–H groups in total. The van der Waals surface area contributed by atoms with Crippen molar-refractivity contribution in [2.75, 3.05) is 0 Å². The van der Waals surface area contributed by atoms with Crippen molar-refractivity contribution in [1.29, 1.82) is 0 Å². The van der Waals surface area contributed by atoms with Gasteiger partial charge in [-0.05, 0) is 55.9 Å². The van der Waals surface area contributed by atoms with Gasteiger partial charge in [0.05, 0.1) is 5.60 Å². The number of hydrogen-bond acceptors (Lipinski definition) is 2. The molecule has 0 amide bonds. The van der Waals surface area contributed by atoms with Crippen LogP contribution in [0.25, 0.3) is 0 Å². The molecule has 2 bridgehead atoms. The average Bonchev–Trinajstić information content (AvgIpc) is 2.34. The van der Waals surface area contributed by atoms with E-state index >= 15 is 0 Å². The number of halogens is 1. The maximum atomic E-state index is 13.5. The van der Waals surface area contributed by atoms with Crippen LogP contribution in [0, 0.1) is 12.7 Å². The van der Waals surface area contributed by atoms with E-state index in [4.69, 9.17) is 0 Å². The third-order valence-corrected chi connectivity index (χ3v) is 6.66. The van der Waals surface area contributed by atoms with Crippen molar-refractivity contribution in [2.24, 2.45) is 0 Å². The second kappa shape index (κ2) is 4.67. The molecule has 2 unspecified atom stereocenters. The van der Waals surface area contributed by atoms with Gasteiger partial charge in [-0.3, -0.25) is 4.21 Å². The van der Waals surface area contributed by atoms with Crippen LogP contribution in [-0.4, -0.2) is 19.8 Å². The molecule has 19 heavy (non-hydrogen) atoms. The Hall–Kier alpha value is -0.740. The highest BCUT2D eigenvalue weighted by atomic mass is 32.2. The van der Waals surface area contributed by atoms with Crippen LogP contribution in [0.1, 0.15) is 43.2 Å². The van der Waals surface area contributed by atoms with E-state index in [9.17, 15) is 13.7 Å². The summed E-state index contributed by atoms with van der Waals surface area (Å²) in [5.74, 6) is -0.314. The first-order valence-electron chi connectivity index (χ1n) is 6.88. The van der Waals surface area contributed by atoms with Crippen LogP contribution in [0.4, 0.5) is 4.39 Å². The Morgan fingerprint density at radius 1 is 1.32 bits per heavy atom. The number of fused-ring (bicyclic) bond motifs is 2. The molecule has 4 heteroatoms. The number of hydrogen-bond donors (Lipinski definition) is 1. The molecule has 1 aromatic rings. The molecule has 2 fully saturated rings. The molecule has 2 atom stereocenters. The predicted molar refractivity (Wildman–Crippen MR) is 73.8 cm³/mol. The quantitative estimate of drug-likeness (QED) is 0.860. The van der Waals surface area contributed by atoms with E-state index in [-0.39, 0.29) is 16.3 Å². The van der Waals surface area contributed by atoms with Gasteiger partial charge in [0.2, 0.25) is 0 Å². The summed E-state index contributed by atoms with van der Waals surface area (Å²) < 4.78 is 25.7. The molecule has 2 aliphatic rings. The van der Waals surface area contributed by atoms with Crippen LogP contribution in [0.2, 0.25) is 0 Å². The fourth-order valence-corrected chi connectivity index (χ4v) is 5.82. The first-order valence-corrected chi connectivity index (χ1v) is 8.15. The van der Waals surface area contributed by atoms with E-state index in [2.05, 4.69) is 0 Å². The fourth-order valence-electron chi connectivity index (χ4n) is 3.60. The van der Waals surface area contributed by atoms with Gasteiger partial charge in [0.15, 0.2) is 0 Å².